The van der Waals surface area contributed by atoms with E-state index in [1.54, 1.807) is 25.3 Å². The molecule has 0 saturated carbocycles. The number of hydrogen-bond donors (Lipinski definition) is 2. The molecule has 1 aromatic rings. The van der Waals surface area contributed by atoms with Gasteiger partial charge < -0.3 is 15.8 Å². The predicted molar refractivity (Wildman–Crippen MR) is 83.1 cm³/mol. The molecule has 0 aliphatic heterocycles. The molecule has 1 rings (SSSR count). The summed E-state index contributed by atoms with van der Waals surface area (Å²) in [5, 5.41) is 3.00. The fourth-order valence-corrected chi connectivity index (χ4v) is 2.13. The van der Waals surface area contributed by atoms with Crippen LogP contribution in [0.5, 0.6) is 5.75 Å². The standard InChI is InChI=1S/C16H26N2O2/c1-4-5-6-7-8-12(2)18-16(19)13-9-10-15(20-3)14(17)11-13/h9-12H,4-8,17H2,1-3H3,(H,18,19). The number of carbonyl (C=O) groups is 1. The van der Waals surface area contributed by atoms with Crippen molar-refractivity contribution < 1.29 is 9.53 Å². The summed E-state index contributed by atoms with van der Waals surface area (Å²) >= 11 is 0. The molecule has 4 nitrogen and oxygen atoms in total. The smallest absolute Gasteiger partial charge is 0.251 e. The lowest BCUT2D eigenvalue weighted by Gasteiger charge is -2.14. The molecule has 4 heteroatoms. The topological polar surface area (TPSA) is 64.3 Å². The molecule has 0 bridgehead atoms. The van der Waals surface area contributed by atoms with Gasteiger partial charge in [0.05, 0.1) is 12.8 Å². The van der Waals surface area contributed by atoms with Crippen molar-refractivity contribution in [3.8, 4) is 5.75 Å². The third kappa shape index (κ3) is 5.11. The van der Waals surface area contributed by atoms with Crippen LogP contribution in [0.2, 0.25) is 0 Å². The Morgan fingerprint density at radius 1 is 1.35 bits per heavy atom. The van der Waals surface area contributed by atoms with E-state index in [9.17, 15) is 4.79 Å². The lowest BCUT2D eigenvalue weighted by atomic mass is 10.1. The average Bonchev–Trinajstić information content (AvgIpc) is 2.43. The van der Waals surface area contributed by atoms with E-state index < -0.39 is 0 Å². The normalized spacial score (nSPS) is 11.9. The summed E-state index contributed by atoms with van der Waals surface area (Å²) in [7, 11) is 1.56. The number of nitrogens with one attached hydrogen (secondary N) is 1. The number of carbonyl (C=O) groups excluding carboxylic acids is 1. The number of nitrogen functional groups attached to an aromatic ring is 1. The van der Waals surface area contributed by atoms with Crippen LogP contribution in [0, 0.1) is 0 Å². The number of hydrogen-bond acceptors (Lipinski definition) is 3. The van der Waals surface area contributed by atoms with E-state index in [0.29, 0.717) is 17.0 Å². The monoisotopic (exact) mass is 278 g/mol. The Morgan fingerprint density at radius 2 is 2.10 bits per heavy atom. The summed E-state index contributed by atoms with van der Waals surface area (Å²) in [5.74, 6) is 0.511. The fourth-order valence-electron chi connectivity index (χ4n) is 2.13. The number of methoxy groups -OCH3 is 1. The lowest BCUT2D eigenvalue weighted by molar-refractivity contribution is 0.0938. The number of rotatable bonds is 8. The molecule has 20 heavy (non-hydrogen) atoms. The molecule has 0 aliphatic rings. The zero-order valence-corrected chi connectivity index (χ0v) is 12.7. The van der Waals surface area contributed by atoms with Gasteiger partial charge in [-0.05, 0) is 31.5 Å². The van der Waals surface area contributed by atoms with Crippen LogP contribution in [0.1, 0.15) is 56.3 Å². The van der Waals surface area contributed by atoms with Gasteiger partial charge in [-0.25, -0.2) is 0 Å². The summed E-state index contributed by atoms with van der Waals surface area (Å²) < 4.78 is 5.08. The summed E-state index contributed by atoms with van der Waals surface area (Å²) in [5.41, 5.74) is 6.86. The summed E-state index contributed by atoms with van der Waals surface area (Å²) in [6.45, 7) is 4.23. The second kappa shape index (κ2) is 8.46. The first-order valence-corrected chi connectivity index (χ1v) is 7.32. The van der Waals surface area contributed by atoms with E-state index >= 15 is 0 Å². The Labute approximate surface area is 121 Å². The highest BCUT2D eigenvalue weighted by Gasteiger charge is 2.11. The highest BCUT2D eigenvalue weighted by molar-refractivity contribution is 5.95. The Morgan fingerprint density at radius 3 is 2.70 bits per heavy atom. The molecule has 0 fully saturated rings. The molecule has 1 unspecified atom stereocenters. The first-order valence-electron chi connectivity index (χ1n) is 7.32. The van der Waals surface area contributed by atoms with Gasteiger partial charge in [0.1, 0.15) is 5.75 Å². The van der Waals surface area contributed by atoms with Gasteiger partial charge >= 0.3 is 0 Å². The first kappa shape index (κ1) is 16.3. The van der Waals surface area contributed by atoms with Crippen molar-refractivity contribution in [3.05, 3.63) is 23.8 Å². The van der Waals surface area contributed by atoms with E-state index in [4.69, 9.17) is 10.5 Å². The minimum absolute atomic E-state index is 0.0812. The van der Waals surface area contributed by atoms with E-state index in [2.05, 4.69) is 12.2 Å². The van der Waals surface area contributed by atoms with Crippen molar-refractivity contribution in [2.75, 3.05) is 12.8 Å². The van der Waals surface area contributed by atoms with Crippen LogP contribution in [0.3, 0.4) is 0 Å². The van der Waals surface area contributed by atoms with Crippen LogP contribution in [0.15, 0.2) is 18.2 Å². The van der Waals surface area contributed by atoms with Gasteiger partial charge in [-0.15, -0.1) is 0 Å². The van der Waals surface area contributed by atoms with Gasteiger partial charge in [0.25, 0.3) is 5.91 Å². The lowest BCUT2D eigenvalue weighted by Crippen LogP contribution is -2.32. The molecule has 0 saturated heterocycles. The van der Waals surface area contributed by atoms with E-state index in [1.165, 1.54) is 19.3 Å². The predicted octanol–water partition coefficient (Wildman–Crippen LogP) is 3.37. The van der Waals surface area contributed by atoms with Gasteiger partial charge in [0.15, 0.2) is 0 Å². The molecular formula is C16H26N2O2. The van der Waals surface area contributed by atoms with Crippen LogP contribution >= 0.6 is 0 Å². The van der Waals surface area contributed by atoms with Crippen molar-refractivity contribution in [2.24, 2.45) is 0 Å². The number of unbranched alkanes of at least 4 members (excludes halogenated alkanes) is 3. The van der Waals surface area contributed by atoms with Crippen molar-refractivity contribution >= 4 is 11.6 Å². The Balaban J connectivity index is 2.47. The van der Waals surface area contributed by atoms with Gasteiger partial charge in [0, 0.05) is 11.6 Å². The van der Waals surface area contributed by atoms with Gasteiger partial charge in [-0.1, -0.05) is 32.6 Å². The van der Waals surface area contributed by atoms with Gasteiger partial charge in [-0.3, -0.25) is 4.79 Å². The van der Waals surface area contributed by atoms with Gasteiger partial charge in [-0.2, -0.15) is 0 Å². The molecule has 0 radical (unpaired) electrons. The Bertz CT molecular complexity index is 432. The van der Waals surface area contributed by atoms with E-state index in [-0.39, 0.29) is 11.9 Å². The van der Waals surface area contributed by atoms with Crippen molar-refractivity contribution in [2.45, 2.75) is 52.0 Å². The molecule has 0 aromatic heterocycles. The largest absolute Gasteiger partial charge is 0.495 e. The van der Waals surface area contributed by atoms with Crippen molar-refractivity contribution in [1.82, 2.24) is 5.32 Å². The van der Waals surface area contributed by atoms with E-state index in [1.807, 2.05) is 6.92 Å². The second-order valence-electron chi connectivity index (χ2n) is 5.18. The highest BCUT2D eigenvalue weighted by Crippen LogP contribution is 2.21. The van der Waals surface area contributed by atoms with Crippen molar-refractivity contribution in [3.63, 3.8) is 0 Å². The van der Waals surface area contributed by atoms with Crippen LogP contribution < -0.4 is 15.8 Å². The maximum atomic E-state index is 12.1. The molecule has 0 heterocycles. The third-order valence-corrected chi connectivity index (χ3v) is 3.36. The SMILES string of the molecule is CCCCCCC(C)NC(=O)c1ccc(OC)c(N)c1. The van der Waals surface area contributed by atoms with Crippen LogP contribution in [-0.2, 0) is 0 Å². The maximum absolute atomic E-state index is 12.1. The molecule has 0 aliphatic carbocycles. The Hall–Kier alpha value is -1.71. The fraction of sp³-hybridized carbons (Fsp3) is 0.562. The second-order valence-corrected chi connectivity index (χ2v) is 5.18. The number of anilines is 1. The molecule has 112 valence electrons. The summed E-state index contributed by atoms with van der Waals surface area (Å²) in [6, 6.07) is 5.28. The summed E-state index contributed by atoms with van der Waals surface area (Å²) in [4.78, 5) is 12.1. The van der Waals surface area contributed by atoms with Crippen LogP contribution in [0.25, 0.3) is 0 Å². The number of benzene rings is 1. The quantitative estimate of drug-likeness (QED) is 0.566. The highest BCUT2D eigenvalue weighted by atomic mass is 16.5. The van der Waals surface area contributed by atoms with E-state index in [0.717, 1.165) is 12.8 Å². The molecular weight excluding hydrogens is 252 g/mol. The molecule has 1 aromatic carbocycles. The average molecular weight is 278 g/mol. The minimum atomic E-state index is -0.0812. The zero-order chi connectivity index (χ0) is 15.0. The number of nitrogens with two attached hydrogens (primary N) is 1. The summed E-state index contributed by atoms with van der Waals surface area (Å²) in [6.07, 6.45) is 5.88. The first-order chi connectivity index (χ1) is 9.58. The molecule has 1 atom stereocenters. The number of ether oxygens (including phenoxy) is 1. The van der Waals surface area contributed by atoms with Crippen LogP contribution in [0.4, 0.5) is 5.69 Å². The number of amides is 1. The maximum Gasteiger partial charge on any atom is 0.251 e. The minimum Gasteiger partial charge on any atom is -0.495 e. The molecule has 3 N–H and O–H groups in total. The molecule has 1 amide bonds. The van der Waals surface area contributed by atoms with Crippen LogP contribution in [-0.4, -0.2) is 19.1 Å². The molecule has 0 spiro atoms. The van der Waals surface area contributed by atoms with Gasteiger partial charge in [0.2, 0.25) is 0 Å². The Kier molecular flexibility index (Phi) is 6.91. The van der Waals surface area contributed by atoms with Crippen molar-refractivity contribution in [1.29, 1.82) is 0 Å². The zero-order valence-electron chi connectivity index (χ0n) is 12.7. The third-order valence-electron chi connectivity index (χ3n) is 3.36.